The van der Waals surface area contributed by atoms with E-state index >= 15 is 0 Å². The zero-order valence-corrected chi connectivity index (χ0v) is 44.7. The fourth-order valence-electron chi connectivity index (χ4n) is 14.8. The van der Waals surface area contributed by atoms with Gasteiger partial charge in [-0.1, -0.05) is 13.8 Å². The third-order valence-corrected chi connectivity index (χ3v) is 19.7. The van der Waals surface area contributed by atoms with E-state index in [1.54, 1.807) is 0 Å². The van der Waals surface area contributed by atoms with E-state index in [4.69, 9.17) is 20.4 Å². The fourth-order valence-corrected chi connectivity index (χ4v) is 14.8. The highest BCUT2D eigenvalue weighted by Crippen LogP contribution is 2.70. The van der Waals surface area contributed by atoms with Gasteiger partial charge in [0.15, 0.2) is 0 Å². The number of rotatable bonds is 12. The molecule has 4 heterocycles. The van der Waals surface area contributed by atoms with Crippen LogP contribution in [0.3, 0.4) is 0 Å². The van der Waals surface area contributed by atoms with Crippen LogP contribution in [0.25, 0.3) is 0 Å². The van der Waals surface area contributed by atoms with Crippen molar-refractivity contribution in [2.75, 3.05) is 28.2 Å². The Morgan fingerprint density at radius 3 is 0.641 bits per heavy atom. The van der Waals surface area contributed by atoms with Gasteiger partial charge in [0, 0.05) is 44.3 Å². The Morgan fingerprint density at radius 2 is 0.531 bits per heavy atom. The van der Waals surface area contributed by atoms with Gasteiger partial charge < -0.3 is 20.4 Å². The molecule has 2 unspecified atom stereocenters. The molecule has 12 heteroatoms. The topological polar surface area (TPSA) is 162 Å². The van der Waals surface area contributed by atoms with Crippen LogP contribution in [0, 0.1) is 46.3 Å². The average Bonchev–Trinajstić information content (AvgIpc) is 3.10. The second kappa shape index (κ2) is 18.0. The molecule has 0 radical (unpaired) electrons. The van der Waals surface area contributed by atoms with E-state index in [9.17, 15) is 19.2 Å². The molecule has 0 spiro atoms. The number of carboxylic acids is 4. The van der Waals surface area contributed by atoms with Crippen LogP contribution in [0.1, 0.15) is 189 Å². The lowest BCUT2D eigenvalue weighted by Gasteiger charge is -2.72. The number of piperidine rings is 4. The maximum absolute atomic E-state index is 10.6. The molecule has 4 saturated heterocycles. The maximum atomic E-state index is 10.6. The monoisotopic (exact) mass is 905 g/mol. The van der Waals surface area contributed by atoms with Crippen molar-refractivity contribution in [3.05, 3.63) is 0 Å². The highest BCUT2D eigenvalue weighted by molar-refractivity contribution is 5.86. The van der Waals surface area contributed by atoms with Crippen LogP contribution in [-0.4, -0.2) is 136 Å². The van der Waals surface area contributed by atoms with Gasteiger partial charge in [0.25, 0.3) is 0 Å². The van der Waals surface area contributed by atoms with Crippen LogP contribution in [0.15, 0.2) is 0 Å². The lowest BCUT2D eigenvalue weighted by molar-refractivity contribution is -0.225. The molecule has 0 bridgehead atoms. The van der Waals surface area contributed by atoms with Gasteiger partial charge in [0.05, 0.1) is 24.7 Å². The van der Waals surface area contributed by atoms with Crippen molar-refractivity contribution in [2.45, 2.75) is 233 Å². The lowest BCUT2D eigenvalue weighted by Crippen LogP contribution is -2.71. The first-order chi connectivity index (χ1) is 28.4. The van der Waals surface area contributed by atoms with Crippen molar-refractivity contribution in [1.29, 1.82) is 0 Å². The zero-order chi connectivity index (χ0) is 50.2. The molecule has 372 valence electrons. The molecule has 4 aliphatic rings. The minimum Gasteiger partial charge on any atom is -0.481 e. The van der Waals surface area contributed by atoms with Crippen molar-refractivity contribution in [3.63, 3.8) is 0 Å². The van der Waals surface area contributed by atoms with Crippen LogP contribution in [0.4, 0.5) is 0 Å². The van der Waals surface area contributed by atoms with Crippen LogP contribution in [0.5, 0.6) is 0 Å². The summed E-state index contributed by atoms with van der Waals surface area (Å²) in [6, 6.07) is 0. The summed E-state index contributed by atoms with van der Waals surface area (Å²) in [5.74, 6) is -7.18. The largest absolute Gasteiger partial charge is 0.481 e. The van der Waals surface area contributed by atoms with E-state index in [-0.39, 0.29) is 55.1 Å². The number of carboxylic acid groups (broad SMARTS) is 4. The summed E-state index contributed by atoms with van der Waals surface area (Å²) in [5, 5.41) is 34.1. The van der Waals surface area contributed by atoms with Crippen LogP contribution >= 0.6 is 0 Å². The predicted octanol–water partition coefficient (Wildman–Crippen LogP) is 9.93. The molecular weight excluding hydrogens is 809 g/mol. The maximum Gasteiger partial charge on any atom is 0.307 e. The van der Waals surface area contributed by atoms with Crippen LogP contribution < -0.4 is 0 Å². The van der Waals surface area contributed by atoms with E-state index in [0.717, 1.165) is 0 Å². The number of aliphatic carboxylic acids is 4. The minimum absolute atomic E-state index is 0.154. The summed E-state index contributed by atoms with van der Waals surface area (Å²) in [6.45, 7) is 46.8. The number of hydrogen-bond acceptors (Lipinski definition) is 8. The third kappa shape index (κ3) is 10.7. The molecule has 0 amide bonds. The van der Waals surface area contributed by atoms with E-state index in [2.05, 4.69) is 172 Å². The van der Waals surface area contributed by atoms with Crippen molar-refractivity contribution in [1.82, 2.24) is 19.6 Å². The standard InChI is InChI=1S/C44H86N4.C8H10O8/c1-35(2)23-31(24-36(3,4)45(35)19)43(17,32-25-37(5,6)46(20)38(7,8)26-32)44(18,33-27-39(9,10)47(21)40(11,12)28-33)34-29-41(13,14)48(22)42(15,16)30-34;9-5(10)1-3(7(13)14)4(8(15)16)2-6(11)12/h31-34H,23-30H2,1-22H3;3-4H,1-2H2,(H,9,10)(H,11,12)(H,13,14)(H,15,16). The van der Waals surface area contributed by atoms with Gasteiger partial charge in [-0.2, -0.15) is 0 Å². The molecule has 0 aliphatic carbocycles. The van der Waals surface area contributed by atoms with Gasteiger partial charge in [-0.3, -0.25) is 38.8 Å². The average molecular weight is 905 g/mol. The molecule has 0 aromatic carbocycles. The van der Waals surface area contributed by atoms with Gasteiger partial charge in [0.1, 0.15) is 0 Å². The smallest absolute Gasteiger partial charge is 0.307 e. The number of likely N-dealkylation sites (tertiary alicyclic amines) is 4. The van der Waals surface area contributed by atoms with Gasteiger partial charge in [-0.25, -0.2) is 0 Å². The Hall–Kier alpha value is -2.28. The molecule has 0 aromatic heterocycles. The van der Waals surface area contributed by atoms with Crippen molar-refractivity contribution < 1.29 is 39.6 Å². The van der Waals surface area contributed by atoms with Crippen molar-refractivity contribution in [3.8, 4) is 0 Å². The molecule has 4 fully saturated rings. The van der Waals surface area contributed by atoms with Gasteiger partial charge in [0.2, 0.25) is 0 Å². The molecule has 4 N–H and O–H groups in total. The minimum atomic E-state index is -1.76. The second-order valence-electron chi connectivity index (χ2n) is 26.8. The van der Waals surface area contributed by atoms with Gasteiger partial charge >= 0.3 is 23.9 Å². The van der Waals surface area contributed by atoms with Crippen LogP contribution in [-0.2, 0) is 19.2 Å². The summed E-state index contributed by atoms with van der Waals surface area (Å²) in [5.41, 5.74) is 1.57. The molecular formula is C52H96N4O8. The first-order valence-electron chi connectivity index (χ1n) is 24.2. The van der Waals surface area contributed by atoms with E-state index < -0.39 is 48.6 Å². The molecule has 12 nitrogen and oxygen atoms in total. The Balaban J connectivity index is 0.000000577. The molecule has 2 atom stereocenters. The zero-order valence-electron chi connectivity index (χ0n) is 44.7. The Labute approximate surface area is 389 Å². The summed E-state index contributed by atoms with van der Waals surface area (Å²) in [6.07, 6.45) is 8.40. The van der Waals surface area contributed by atoms with Crippen molar-refractivity contribution in [2.24, 2.45) is 46.3 Å². The quantitative estimate of drug-likeness (QED) is 0.147. The molecule has 0 aromatic rings. The molecule has 4 rings (SSSR count). The SMILES string of the molecule is CN1C(C)(C)CC(C(C)(C2CC(C)(C)N(C)C(C)(C)C2)C(C)(C2CC(C)(C)N(C)C(C)(C)C2)C2CC(C)(C)N(C)C(C)(C)C2)CC1(C)C.O=C(O)CC(C(=O)O)C(CC(=O)O)C(=O)O. The lowest BCUT2D eigenvalue weighted by atomic mass is 9.38. The molecule has 4 aliphatic heterocycles. The summed E-state index contributed by atoms with van der Waals surface area (Å²) in [7, 11) is 9.66. The summed E-state index contributed by atoms with van der Waals surface area (Å²) in [4.78, 5) is 52.9. The first-order valence-corrected chi connectivity index (χ1v) is 24.2. The van der Waals surface area contributed by atoms with E-state index in [1.165, 1.54) is 51.4 Å². The third-order valence-electron chi connectivity index (χ3n) is 19.7. The number of nitrogens with zero attached hydrogens (tertiary/aromatic N) is 4. The Bertz CT molecular complexity index is 1450. The van der Waals surface area contributed by atoms with Crippen LogP contribution in [0.2, 0.25) is 0 Å². The Morgan fingerprint density at radius 1 is 0.391 bits per heavy atom. The predicted molar refractivity (Wildman–Crippen MR) is 258 cm³/mol. The summed E-state index contributed by atoms with van der Waals surface area (Å²) >= 11 is 0. The molecule has 64 heavy (non-hydrogen) atoms. The van der Waals surface area contributed by atoms with Crippen molar-refractivity contribution >= 4 is 23.9 Å². The first kappa shape index (κ1) is 56.0. The second-order valence-corrected chi connectivity index (χ2v) is 26.8. The Kier molecular flexibility index (Phi) is 15.8. The van der Waals surface area contributed by atoms with E-state index in [1.807, 2.05) is 0 Å². The number of hydrogen-bond donors (Lipinski definition) is 4. The highest BCUT2D eigenvalue weighted by atomic mass is 16.4. The van der Waals surface area contributed by atoms with Gasteiger partial charge in [-0.15, -0.1) is 0 Å². The normalized spacial score (nSPS) is 27.7. The summed E-state index contributed by atoms with van der Waals surface area (Å²) < 4.78 is 0. The number of carbonyl (C=O) groups is 4. The fraction of sp³-hybridized carbons (Fsp3) is 0.923. The highest BCUT2D eigenvalue weighted by Gasteiger charge is 2.67. The van der Waals surface area contributed by atoms with Gasteiger partial charge in [-0.05, 0) is 225 Å². The molecule has 0 saturated carbocycles. The van der Waals surface area contributed by atoms with E-state index in [0.29, 0.717) is 23.7 Å².